The Balaban J connectivity index is 0.000000527. The molecule has 0 spiro atoms. The summed E-state index contributed by atoms with van der Waals surface area (Å²) in [6.07, 6.45) is 0.745. The number of hydrogen-bond acceptors (Lipinski definition) is 5. The van der Waals surface area contributed by atoms with E-state index < -0.39 is 10.2 Å². The number of para-hydroxylation sites is 2. The van der Waals surface area contributed by atoms with Crippen LogP contribution < -0.4 is 23.2 Å². The van der Waals surface area contributed by atoms with Crippen LogP contribution in [-0.4, -0.2) is 9.78 Å². The van der Waals surface area contributed by atoms with E-state index in [1.165, 1.54) is 5.56 Å². The van der Waals surface area contributed by atoms with E-state index in [0.29, 0.717) is 0 Å². The summed E-state index contributed by atoms with van der Waals surface area (Å²) in [5.41, 5.74) is 4.50. The second kappa shape index (κ2) is 11.1. The monoisotopic (exact) mass is 487 g/mol. The van der Waals surface area contributed by atoms with E-state index in [1.807, 2.05) is 24.3 Å². The van der Waals surface area contributed by atoms with Crippen molar-refractivity contribution in [3.8, 4) is 22.8 Å². The largest absolute Gasteiger partial charge is 0.287 e. The second-order valence-corrected chi connectivity index (χ2v) is 8.32. The van der Waals surface area contributed by atoms with Gasteiger partial charge in [-0.3, -0.25) is 0 Å². The van der Waals surface area contributed by atoms with Gasteiger partial charge in [-0.25, -0.2) is 18.6 Å². The van der Waals surface area contributed by atoms with Gasteiger partial charge in [-0.1, -0.05) is 89.6 Å². The van der Waals surface area contributed by atoms with Gasteiger partial charge in [0.25, 0.3) is 11.6 Å². The van der Waals surface area contributed by atoms with Crippen LogP contribution in [0.2, 0.25) is 0 Å². The lowest BCUT2D eigenvalue weighted by Crippen LogP contribution is -2.68. The summed E-state index contributed by atoms with van der Waals surface area (Å²) in [6, 6.07) is 41.8. The van der Waals surface area contributed by atoms with Gasteiger partial charge in [0.2, 0.25) is 0 Å². The molecule has 0 aliphatic rings. The number of hydrogen-bond donors (Lipinski definition) is 0. The highest BCUT2D eigenvalue weighted by Gasteiger charge is 2.29. The van der Waals surface area contributed by atoms with Gasteiger partial charge in [0.15, 0.2) is 0 Å². The molecule has 0 aliphatic heterocycles. The maximum absolute atomic E-state index is 8.49. The first-order chi connectivity index (χ1) is 16.9. The molecule has 0 aliphatic carbocycles. The van der Waals surface area contributed by atoms with Gasteiger partial charge in [-0.15, -0.1) is 10.2 Å². The molecule has 0 atom stereocenters. The SMILES string of the molecule is [O-][Cl+3]([O-])([O-])[O-].c1ccc(Cc2nn(-c3ccccc3)c(-c3ccccc3)[n+]2-c2ccccc2)cc1. The molecule has 0 N–H and O–H groups in total. The Morgan fingerprint density at radius 2 is 1.09 bits per heavy atom. The Kier molecular flexibility index (Phi) is 7.67. The summed E-state index contributed by atoms with van der Waals surface area (Å²) in [5.74, 6) is 2.04. The summed E-state index contributed by atoms with van der Waals surface area (Å²) in [4.78, 5) is 0. The zero-order valence-corrected chi connectivity index (χ0v) is 19.4. The van der Waals surface area contributed by atoms with E-state index in [0.717, 1.165) is 35.0 Å². The van der Waals surface area contributed by atoms with E-state index in [2.05, 4.69) is 106 Å². The number of halogens is 1. The molecule has 0 saturated heterocycles. The Hall–Kier alpha value is -3.85. The summed E-state index contributed by atoms with van der Waals surface area (Å²) in [6.45, 7) is 0. The van der Waals surface area contributed by atoms with Crippen molar-refractivity contribution < 1.29 is 33.4 Å². The van der Waals surface area contributed by atoms with Gasteiger partial charge in [-0.2, -0.15) is 4.57 Å². The summed E-state index contributed by atoms with van der Waals surface area (Å²) in [7, 11) is -4.94. The molecule has 1 aromatic heterocycles. The number of aromatic nitrogens is 3. The van der Waals surface area contributed by atoms with E-state index in [9.17, 15) is 0 Å². The van der Waals surface area contributed by atoms with Crippen LogP contribution in [0.1, 0.15) is 11.4 Å². The third-order valence-electron chi connectivity index (χ3n) is 5.14. The molecular formula is C27H22ClN3O4. The highest BCUT2D eigenvalue weighted by Crippen LogP contribution is 2.22. The summed E-state index contributed by atoms with van der Waals surface area (Å²) < 4.78 is 38.3. The molecule has 4 aromatic carbocycles. The van der Waals surface area contributed by atoms with Crippen molar-refractivity contribution in [1.82, 2.24) is 9.78 Å². The molecule has 0 amide bonds. The predicted octanol–water partition coefficient (Wildman–Crippen LogP) is 0.651. The standard InChI is InChI=1S/C27H22N3.ClHO4/c1-5-13-22(14-6-1)21-26-28-30(25-19-11-4-12-20-25)27(23-15-7-2-8-16-23)29(26)24-17-9-3-10-18-24;2-1(3,4)5/h1-20H,21H2;(H,2,3,4,5)/q+1;/p-1. The first-order valence-corrected chi connectivity index (χ1v) is 12.0. The average Bonchev–Trinajstić information content (AvgIpc) is 3.24. The fourth-order valence-electron chi connectivity index (χ4n) is 3.75. The van der Waals surface area contributed by atoms with Gasteiger partial charge in [0, 0.05) is 5.10 Å². The van der Waals surface area contributed by atoms with Crippen LogP contribution in [-0.2, 0) is 6.42 Å². The van der Waals surface area contributed by atoms with E-state index in [1.54, 1.807) is 0 Å². The molecule has 8 heteroatoms. The Morgan fingerprint density at radius 1 is 0.629 bits per heavy atom. The van der Waals surface area contributed by atoms with Crippen LogP contribution in [0.3, 0.4) is 0 Å². The number of nitrogens with zero attached hydrogens (tertiary/aromatic N) is 3. The zero-order valence-electron chi connectivity index (χ0n) is 18.6. The second-order valence-electron chi connectivity index (χ2n) is 7.56. The van der Waals surface area contributed by atoms with Crippen molar-refractivity contribution in [3.05, 3.63) is 133 Å². The smallest absolute Gasteiger partial charge is 0.222 e. The predicted molar refractivity (Wildman–Crippen MR) is 120 cm³/mol. The Morgan fingerprint density at radius 3 is 1.63 bits per heavy atom. The molecule has 0 fully saturated rings. The topological polar surface area (TPSA) is 114 Å². The van der Waals surface area contributed by atoms with E-state index in [-0.39, 0.29) is 0 Å². The molecule has 35 heavy (non-hydrogen) atoms. The van der Waals surface area contributed by atoms with E-state index in [4.69, 9.17) is 23.7 Å². The fraction of sp³-hybridized carbons (Fsp3) is 0.0370. The lowest BCUT2D eigenvalue weighted by atomic mass is 10.1. The van der Waals surface area contributed by atoms with Crippen molar-refractivity contribution in [2.75, 3.05) is 0 Å². The third kappa shape index (κ3) is 6.60. The fourth-order valence-corrected chi connectivity index (χ4v) is 3.75. The highest BCUT2D eigenvalue weighted by atomic mass is 35.7. The van der Waals surface area contributed by atoms with Crippen LogP contribution >= 0.6 is 0 Å². The highest BCUT2D eigenvalue weighted by molar-refractivity contribution is 5.56. The van der Waals surface area contributed by atoms with E-state index >= 15 is 0 Å². The normalized spacial score (nSPS) is 11.0. The van der Waals surface area contributed by atoms with Gasteiger partial charge in [0.05, 0.1) is 12.0 Å². The molecular weight excluding hydrogens is 466 g/mol. The zero-order chi connectivity index (χ0) is 24.7. The summed E-state index contributed by atoms with van der Waals surface area (Å²) >= 11 is 0. The van der Waals surface area contributed by atoms with Gasteiger partial charge >= 0.3 is 0 Å². The minimum absolute atomic E-state index is 0.745. The number of rotatable bonds is 5. The van der Waals surface area contributed by atoms with Gasteiger partial charge in [0.1, 0.15) is 11.4 Å². The molecule has 0 bridgehead atoms. The van der Waals surface area contributed by atoms with Gasteiger partial charge in [-0.05, 0) is 42.0 Å². The van der Waals surface area contributed by atoms with Crippen LogP contribution in [0.15, 0.2) is 121 Å². The summed E-state index contributed by atoms with van der Waals surface area (Å²) in [5, 5.41) is 5.11. The minimum atomic E-state index is -4.94. The van der Waals surface area contributed by atoms with Crippen LogP contribution in [0.25, 0.3) is 22.8 Å². The molecule has 5 aromatic rings. The molecule has 7 nitrogen and oxygen atoms in total. The Labute approximate surface area is 205 Å². The number of benzene rings is 4. The quantitative estimate of drug-likeness (QED) is 0.338. The lowest BCUT2D eigenvalue weighted by Gasteiger charge is -2.17. The third-order valence-corrected chi connectivity index (χ3v) is 5.14. The maximum Gasteiger partial charge on any atom is 0.287 e. The van der Waals surface area contributed by atoms with Crippen LogP contribution in [0, 0.1) is 10.2 Å². The molecule has 176 valence electrons. The minimum Gasteiger partial charge on any atom is -0.222 e. The first-order valence-electron chi connectivity index (χ1n) is 10.8. The van der Waals surface area contributed by atoms with Crippen molar-refractivity contribution in [2.24, 2.45) is 0 Å². The van der Waals surface area contributed by atoms with Crippen molar-refractivity contribution in [1.29, 1.82) is 0 Å². The molecule has 0 unspecified atom stereocenters. The Bertz CT molecular complexity index is 1340. The van der Waals surface area contributed by atoms with Crippen molar-refractivity contribution >= 4 is 0 Å². The molecule has 0 saturated carbocycles. The van der Waals surface area contributed by atoms with Crippen molar-refractivity contribution in [2.45, 2.75) is 6.42 Å². The van der Waals surface area contributed by atoms with Crippen LogP contribution in [0.4, 0.5) is 0 Å². The maximum atomic E-state index is 8.49. The van der Waals surface area contributed by atoms with Crippen molar-refractivity contribution in [3.63, 3.8) is 0 Å². The van der Waals surface area contributed by atoms with Crippen LogP contribution in [0.5, 0.6) is 0 Å². The lowest BCUT2D eigenvalue weighted by molar-refractivity contribution is -2.00. The van der Waals surface area contributed by atoms with Gasteiger partial charge < -0.3 is 0 Å². The first kappa shape index (κ1) is 24.3. The average molecular weight is 488 g/mol. The molecule has 5 rings (SSSR count). The molecule has 0 radical (unpaired) electrons. The molecule has 1 heterocycles.